The SMILES string of the molecule is C=C=CCOc1ccccc1-c1c(C(=O)OC)c(C(=O)OC)c(C(=O)c2ccccc2)n1Cc1ccccc1. The van der Waals surface area contributed by atoms with Crippen LogP contribution in [0.1, 0.15) is 42.3 Å². The van der Waals surface area contributed by atoms with Gasteiger partial charge in [-0.1, -0.05) is 79.4 Å². The summed E-state index contributed by atoms with van der Waals surface area (Å²) in [5.41, 5.74) is 4.38. The summed E-state index contributed by atoms with van der Waals surface area (Å²) in [5, 5.41) is 0. The number of nitrogens with zero attached hydrogens (tertiary/aromatic N) is 1. The molecule has 4 aromatic rings. The average molecular weight is 522 g/mol. The van der Waals surface area contributed by atoms with Crippen molar-refractivity contribution in [3.63, 3.8) is 0 Å². The second kappa shape index (κ2) is 12.4. The molecule has 1 aromatic heterocycles. The van der Waals surface area contributed by atoms with Crippen LogP contribution in [0.15, 0.2) is 103 Å². The Kier molecular flexibility index (Phi) is 8.57. The molecule has 0 bridgehead atoms. The lowest BCUT2D eigenvalue weighted by Crippen LogP contribution is -2.17. The standard InChI is InChI=1S/C32H27NO6/c1-4-5-20-39-25-19-13-12-18-24(25)28-26(31(35)37-2)27(32(36)38-3)29(30(34)23-16-10-7-11-17-23)33(28)21-22-14-8-6-9-15-22/h5-19H,1,20-21H2,2-3H3. The van der Waals surface area contributed by atoms with Gasteiger partial charge >= 0.3 is 11.9 Å². The van der Waals surface area contributed by atoms with E-state index in [1.807, 2.05) is 30.3 Å². The number of aromatic nitrogens is 1. The number of hydrogen-bond acceptors (Lipinski definition) is 6. The first kappa shape index (κ1) is 26.9. The molecule has 0 amide bonds. The van der Waals surface area contributed by atoms with Crippen LogP contribution in [0.25, 0.3) is 11.3 Å². The molecule has 0 fully saturated rings. The lowest BCUT2D eigenvalue weighted by atomic mass is 10.00. The molecule has 0 N–H and O–H groups in total. The Bertz CT molecular complexity index is 1550. The van der Waals surface area contributed by atoms with Gasteiger partial charge in [0.25, 0.3) is 0 Å². The number of benzene rings is 3. The summed E-state index contributed by atoms with van der Waals surface area (Å²) in [6, 6.07) is 25.0. The zero-order valence-corrected chi connectivity index (χ0v) is 21.7. The maximum Gasteiger partial charge on any atom is 0.341 e. The molecular formula is C32H27NO6. The smallest absolute Gasteiger partial charge is 0.341 e. The van der Waals surface area contributed by atoms with E-state index in [0.717, 1.165) is 5.56 Å². The quantitative estimate of drug-likeness (QED) is 0.151. The van der Waals surface area contributed by atoms with Crippen molar-refractivity contribution in [2.75, 3.05) is 20.8 Å². The van der Waals surface area contributed by atoms with E-state index >= 15 is 0 Å². The molecule has 196 valence electrons. The first-order valence-electron chi connectivity index (χ1n) is 12.1. The van der Waals surface area contributed by atoms with Gasteiger partial charge in [-0.05, 0) is 23.8 Å². The number of ketones is 1. The lowest BCUT2D eigenvalue weighted by molar-refractivity contribution is 0.0556. The highest BCUT2D eigenvalue weighted by atomic mass is 16.5. The van der Waals surface area contributed by atoms with Crippen molar-refractivity contribution in [1.29, 1.82) is 0 Å². The maximum absolute atomic E-state index is 14.1. The highest BCUT2D eigenvalue weighted by Gasteiger charge is 2.37. The van der Waals surface area contributed by atoms with Crippen molar-refractivity contribution in [3.8, 4) is 17.0 Å². The minimum absolute atomic E-state index is 0.00749. The third-order valence-corrected chi connectivity index (χ3v) is 6.09. The first-order valence-corrected chi connectivity index (χ1v) is 12.1. The number of carbonyl (C=O) groups excluding carboxylic acids is 3. The number of hydrogen-bond donors (Lipinski definition) is 0. The van der Waals surface area contributed by atoms with Crippen LogP contribution in [0.5, 0.6) is 5.75 Å². The number of rotatable bonds is 10. The van der Waals surface area contributed by atoms with Crippen LogP contribution in [0.2, 0.25) is 0 Å². The molecule has 7 nitrogen and oxygen atoms in total. The third-order valence-electron chi connectivity index (χ3n) is 6.09. The van der Waals surface area contributed by atoms with Gasteiger partial charge in [0.1, 0.15) is 29.2 Å². The van der Waals surface area contributed by atoms with Gasteiger partial charge in [-0.2, -0.15) is 0 Å². The molecule has 0 atom stereocenters. The zero-order chi connectivity index (χ0) is 27.8. The van der Waals surface area contributed by atoms with Crippen LogP contribution in [-0.2, 0) is 16.0 Å². The summed E-state index contributed by atoms with van der Waals surface area (Å²) < 4.78 is 17.9. The molecule has 1 heterocycles. The molecule has 0 saturated carbocycles. The molecule has 0 aliphatic carbocycles. The van der Waals surface area contributed by atoms with E-state index in [0.29, 0.717) is 22.6 Å². The fourth-order valence-corrected chi connectivity index (χ4v) is 4.37. The predicted octanol–water partition coefficient (Wildman–Crippen LogP) is 5.73. The molecule has 4 rings (SSSR count). The molecular weight excluding hydrogens is 494 g/mol. The van der Waals surface area contributed by atoms with E-state index in [-0.39, 0.29) is 30.0 Å². The maximum atomic E-state index is 14.1. The predicted molar refractivity (Wildman–Crippen MR) is 147 cm³/mol. The second-order valence-corrected chi connectivity index (χ2v) is 8.41. The summed E-state index contributed by atoms with van der Waals surface area (Å²) in [6.45, 7) is 3.91. The molecule has 0 aliphatic rings. The van der Waals surface area contributed by atoms with Crippen molar-refractivity contribution in [1.82, 2.24) is 4.57 Å². The minimum atomic E-state index is -0.837. The van der Waals surface area contributed by atoms with E-state index in [1.54, 1.807) is 65.2 Å². The second-order valence-electron chi connectivity index (χ2n) is 8.41. The van der Waals surface area contributed by atoms with Crippen molar-refractivity contribution in [2.45, 2.75) is 6.54 Å². The first-order chi connectivity index (χ1) is 19.0. The number of methoxy groups -OCH3 is 2. The molecule has 7 heteroatoms. The lowest BCUT2D eigenvalue weighted by Gasteiger charge is -2.17. The number of ether oxygens (including phenoxy) is 3. The Morgan fingerprint density at radius 2 is 1.41 bits per heavy atom. The molecule has 39 heavy (non-hydrogen) atoms. The highest BCUT2D eigenvalue weighted by Crippen LogP contribution is 2.39. The summed E-state index contributed by atoms with van der Waals surface area (Å²) in [4.78, 5) is 40.8. The Morgan fingerprint density at radius 3 is 2.05 bits per heavy atom. The molecule has 0 radical (unpaired) electrons. The van der Waals surface area contributed by atoms with E-state index < -0.39 is 17.7 Å². The van der Waals surface area contributed by atoms with Crippen molar-refractivity contribution in [2.24, 2.45) is 0 Å². The third kappa shape index (κ3) is 5.59. The molecule has 0 aliphatic heterocycles. The van der Waals surface area contributed by atoms with Crippen LogP contribution >= 0.6 is 0 Å². The van der Waals surface area contributed by atoms with E-state index in [1.165, 1.54) is 14.2 Å². The van der Waals surface area contributed by atoms with E-state index in [2.05, 4.69) is 12.3 Å². The monoisotopic (exact) mass is 521 g/mol. The zero-order valence-electron chi connectivity index (χ0n) is 21.7. The number of esters is 2. The Hall–Kier alpha value is -5.13. The molecule has 0 spiro atoms. The highest BCUT2D eigenvalue weighted by molar-refractivity contribution is 6.19. The Labute approximate surface area is 226 Å². The summed E-state index contributed by atoms with van der Waals surface area (Å²) in [7, 11) is 2.42. The number of para-hydroxylation sites is 1. The van der Waals surface area contributed by atoms with E-state index in [4.69, 9.17) is 14.2 Å². The van der Waals surface area contributed by atoms with Gasteiger partial charge in [0.2, 0.25) is 5.78 Å². The van der Waals surface area contributed by atoms with Gasteiger partial charge < -0.3 is 18.8 Å². The number of carbonyl (C=O) groups is 3. The summed E-state index contributed by atoms with van der Waals surface area (Å²) >= 11 is 0. The molecule has 0 unspecified atom stereocenters. The van der Waals surface area contributed by atoms with Crippen molar-refractivity contribution in [3.05, 3.63) is 131 Å². The van der Waals surface area contributed by atoms with Crippen LogP contribution in [-0.4, -0.2) is 43.1 Å². The Morgan fingerprint density at radius 1 is 0.821 bits per heavy atom. The fraction of sp³-hybridized carbons (Fsp3) is 0.125. The van der Waals surface area contributed by atoms with Crippen molar-refractivity contribution >= 4 is 17.7 Å². The van der Waals surface area contributed by atoms with Gasteiger partial charge in [0.15, 0.2) is 0 Å². The van der Waals surface area contributed by atoms with Gasteiger partial charge in [0.05, 0.1) is 19.9 Å². The fourth-order valence-electron chi connectivity index (χ4n) is 4.37. The topological polar surface area (TPSA) is 83.8 Å². The summed E-state index contributed by atoms with van der Waals surface area (Å²) in [6.07, 6.45) is 1.62. The average Bonchev–Trinajstić information content (AvgIpc) is 3.31. The molecule has 3 aromatic carbocycles. The van der Waals surface area contributed by atoms with Gasteiger partial charge in [0, 0.05) is 17.7 Å². The van der Waals surface area contributed by atoms with Gasteiger partial charge in [-0.3, -0.25) is 4.79 Å². The van der Waals surface area contributed by atoms with Gasteiger partial charge in [-0.15, -0.1) is 5.73 Å². The molecule has 0 saturated heterocycles. The van der Waals surface area contributed by atoms with E-state index in [9.17, 15) is 14.4 Å². The van der Waals surface area contributed by atoms with Gasteiger partial charge in [-0.25, -0.2) is 9.59 Å². The van der Waals surface area contributed by atoms with Crippen LogP contribution in [0, 0.1) is 0 Å². The largest absolute Gasteiger partial charge is 0.488 e. The van der Waals surface area contributed by atoms with Crippen LogP contribution in [0.4, 0.5) is 0 Å². The summed E-state index contributed by atoms with van der Waals surface area (Å²) in [5.74, 6) is -1.65. The normalized spacial score (nSPS) is 10.3. The van der Waals surface area contributed by atoms with Crippen LogP contribution in [0.3, 0.4) is 0 Å². The minimum Gasteiger partial charge on any atom is -0.488 e. The van der Waals surface area contributed by atoms with Crippen molar-refractivity contribution < 1.29 is 28.6 Å². The van der Waals surface area contributed by atoms with Crippen LogP contribution < -0.4 is 4.74 Å². The Balaban J connectivity index is 2.14.